The zero-order valence-corrected chi connectivity index (χ0v) is 9.83. The van der Waals surface area contributed by atoms with Crippen molar-refractivity contribution in [2.45, 2.75) is 31.3 Å². The van der Waals surface area contributed by atoms with Crippen molar-refractivity contribution in [2.24, 2.45) is 5.92 Å². The molecule has 2 rings (SSSR count). The van der Waals surface area contributed by atoms with Crippen LogP contribution in [0.5, 0.6) is 0 Å². The largest absolute Gasteiger partial charge is 0.479 e. The third-order valence-electron chi connectivity index (χ3n) is 3.32. The highest BCUT2D eigenvalue weighted by molar-refractivity contribution is 7.91. The first-order chi connectivity index (χ1) is 7.44. The normalized spacial score (nSPS) is 27.5. The molecular formula is C10H16O5S. The van der Waals surface area contributed by atoms with E-state index in [1.807, 2.05) is 0 Å². The van der Waals surface area contributed by atoms with Crippen molar-refractivity contribution in [1.82, 2.24) is 0 Å². The fraction of sp³-hybridized carbons (Fsp3) is 0.900. The summed E-state index contributed by atoms with van der Waals surface area (Å²) in [5.74, 6) is -0.702. The summed E-state index contributed by atoms with van der Waals surface area (Å²) in [6.07, 6.45) is 2.34. The van der Waals surface area contributed by atoms with Gasteiger partial charge in [-0.3, -0.25) is 0 Å². The average Bonchev–Trinajstić information content (AvgIpc) is 3.00. The van der Waals surface area contributed by atoms with Gasteiger partial charge >= 0.3 is 5.97 Å². The Morgan fingerprint density at radius 1 is 1.31 bits per heavy atom. The van der Waals surface area contributed by atoms with Gasteiger partial charge in [-0.25, -0.2) is 13.2 Å². The highest BCUT2D eigenvalue weighted by Crippen LogP contribution is 2.34. The van der Waals surface area contributed by atoms with Gasteiger partial charge in [0.2, 0.25) is 0 Å². The van der Waals surface area contributed by atoms with Crippen molar-refractivity contribution >= 4 is 15.8 Å². The number of carboxylic acids is 1. The maximum absolute atomic E-state index is 11.3. The molecule has 0 radical (unpaired) electrons. The molecule has 2 fully saturated rings. The first kappa shape index (κ1) is 11.9. The van der Waals surface area contributed by atoms with E-state index in [0.29, 0.717) is 12.5 Å². The lowest BCUT2D eigenvalue weighted by molar-refractivity contribution is -0.168. The zero-order chi connectivity index (χ0) is 11.8. The highest BCUT2D eigenvalue weighted by atomic mass is 32.2. The van der Waals surface area contributed by atoms with Gasteiger partial charge in [-0.1, -0.05) is 0 Å². The smallest absolute Gasteiger partial charge is 0.336 e. The molecule has 1 N–H and O–H groups in total. The number of hydrogen-bond donors (Lipinski definition) is 1. The van der Waals surface area contributed by atoms with E-state index in [9.17, 15) is 18.3 Å². The molecule has 0 aromatic heterocycles. The van der Waals surface area contributed by atoms with Crippen molar-refractivity contribution in [1.29, 1.82) is 0 Å². The van der Waals surface area contributed by atoms with Gasteiger partial charge < -0.3 is 9.84 Å². The summed E-state index contributed by atoms with van der Waals surface area (Å²) in [5, 5.41) is 9.17. The third kappa shape index (κ3) is 2.55. The van der Waals surface area contributed by atoms with Crippen molar-refractivity contribution in [3.8, 4) is 0 Å². The molecule has 0 aromatic rings. The summed E-state index contributed by atoms with van der Waals surface area (Å²) in [4.78, 5) is 11.2. The Balaban J connectivity index is 2.01. The predicted octanol–water partition coefficient (Wildman–Crippen LogP) is 0.445. The number of rotatable bonds is 4. The quantitative estimate of drug-likeness (QED) is 0.781. The van der Waals surface area contributed by atoms with Crippen molar-refractivity contribution in [2.75, 3.05) is 18.1 Å². The van der Waals surface area contributed by atoms with Gasteiger partial charge in [0.05, 0.1) is 18.1 Å². The van der Waals surface area contributed by atoms with E-state index in [1.54, 1.807) is 0 Å². The minimum absolute atomic E-state index is 0.0794. The Morgan fingerprint density at radius 3 is 2.31 bits per heavy atom. The van der Waals surface area contributed by atoms with Crippen LogP contribution in [0, 0.1) is 5.92 Å². The molecule has 0 aromatic carbocycles. The van der Waals surface area contributed by atoms with E-state index in [2.05, 4.69) is 0 Å². The van der Waals surface area contributed by atoms with Crippen LogP contribution in [0.3, 0.4) is 0 Å². The molecule has 2 aliphatic rings. The van der Waals surface area contributed by atoms with Crippen LogP contribution in [0.2, 0.25) is 0 Å². The Hall–Kier alpha value is -0.620. The van der Waals surface area contributed by atoms with Crippen LogP contribution >= 0.6 is 0 Å². The van der Waals surface area contributed by atoms with Gasteiger partial charge in [0.25, 0.3) is 0 Å². The standard InChI is InChI=1S/C10H16O5S/c11-9(12)10(15-7-8-1-2-8)3-5-16(13,14)6-4-10/h8H,1-7H2,(H,11,12). The summed E-state index contributed by atoms with van der Waals surface area (Å²) >= 11 is 0. The van der Waals surface area contributed by atoms with Gasteiger partial charge in [-0.15, -0.1) is 0 Å². The van der Waals surface area contributed by atoms with Crippen molar-refractivity contribution in [3.63, 3.8) is 0 Å². The van der Waals surface area contributed by atoms with E-state index in [-0.39, 0.29) is 24.3 Å². The molecular weight excluding hydrogens is 232 g/mol. The van der Waals surface area contributed by atoms with Crippen LogP contribution < -0.4 is 0 Å². The van der Waals surface area contributed by atoms with Gasteiger partial charge in [0.1, 0.15) is 0 Å². The van der Waals surface area contributed by atoms with E-state index in [4.69, 9.17) is 4.74 Å². The monoisotopic (exact) mass is 248 g/mol. The summed E-state index contributed by atoms with van der Waals surface area (Å²) < 4.78 is 28.0. The maximum Gasteiger partial charge on any atom is 0.336 e. The minimum Gasteiger partial charge on any atom is -0.479 e. The van der Waals surface area contributed by atoms with E-state index < -0.39 is 21.4 Å². The number of aliphatic carboxylic acids is 1. The van der Waals surface area contributed by atoms with Crippen LogP contribution in [0.4, 0.5) is 0 Å². The average molecular weight is 248 g/mol. The Labute approximate surface area is 94.7 Å². The number of ether oxygens (including phenoxy) is 1. The molecule has 6 heteroatoms. The summed E-state index contributed by atoms with van der Waals surface area (Å²) in [6.45, 7) is 0.451. The molecule has 0 bridgehead atoms. The molecule has 0 unspecified atom stereocenters. The second-order valence-electron chi connectivity index (χ2n) is 4.71. The highest BCUT2D eigenvalue weighted by Gasteiger charge is 2.45. The van der Waals surface area contributed by atoms with E-state index >= 15 is 0 Å². The predicted molar refractivity (Wildman–Crippen MR) is 56.9 cm³/mol. The Morgan fingerprint density at radius 2 is 1.88 bits per heavy atom. The van der Waals surface area contributed by atoms with Crippen LogP contribution in [0.25, 0.3) is 0 Å². The van der Waals surface area contributed by atoms with Gasteiger partial charge in [-0.05, 0) is 18.8 Å². The molecule has 1 aliphatic carbocycles. The van der Waals surface area contributed by atoms with Gasteiger partial charge in [0, 0.05) is 12.8 Å². The van der Waals surface area contributed by atoms with E-state index in [1.165, 1.54) is 0 Å². The second kappa shape index (κ2) is 4.00. The third-order valence-corrected chi connectivity index (χ3v) is 4.97. The zero-order valence-electron chi connectivity index (χ0n) is 9.02. The first-order valence-electron chi connectivity index (χ1n) is 5.51. The molecule has 16 heavy (non-hydrogen) atoms. The maximum atomic E-state index is 11.3. The lowest BCUT2D eigenvalue weighted by Crippen LogP contribution is -2.48. The molecule has 1 saturated carbocycles. The molecule has 1 heterocycles. The first-order valence-corrected chi connectivity index (χ1v) is 7.33. The number of sulfone groups is 1. The summed E-state index contributed by atoms with van der Waals surface area (Å²) in [5.41, 5.74) is -1.26. The topological polar surface area (TPSA) is 80.7 Å². The lowest BCUT2D eigenvalue weighted by atomic mass is 9.96. The fourth-order valence-corrected chi connectivity index (χ4v) is 3.34. The fourth-order valence-electron chi connectivity index (χ4n) is 1.85. The van der Waals surface area contributed by atoms with Crippen molar-refractivity contribution in [3.05, 3.63) is 0 Å². The summed E-state index contributed by atoms with van der Waals surface area (Å²) in [7, 11) is -3.05. The molecule has 1 saturated heterocycles. The van der Waals surface area contributed by atoms with Crippen LogP contribution in [0.15, 0.2) is 0 Å². The Bertz CT molecular complexity index is 368. The Kier molecular flexibility index (Phi) is 2.96. The summed E-state index contributed by atoms with van der Waals surface area (Å²) in [6, 6.07) is 0. The molecule has 0 atom stereocenters. The van der Waals surface area contributed by atoms with Crippen molar-refractivity contribution < 1.29 is 23.1 Å². The SMILES string of the molecule is O=C(O)C1(OCC2CC2)CCS(=O)(=O)CC1. The molecule has 5 nitrogen and oxygen atoms in total. The molecule has 0 spiro atoms. The van der Waals surface area contributed by atoms with Crippen LogP contribution in [0.1, 0.15) is 25.7 Å². The number of hydrogen-bond acceptors (Lipinski definition) is 4. The molecule has 92 valence electrons. The van der Waals surface area contributed by atoms with E-state index in [0.717, 1.165) is 12.8 Å². The molecule has 1 aliphatic heterocycles. The second-order valence-corrected chi connectivity index (χ2v) is 7.01. The minimum atomic E-state index is -3.05. The van der Waals surface area contributed by atoms with Gasteiger partial charge in [-0.2, -0.15) is 0 Å². The van der Waals surface area contributed by atoms with Crippen LogP contribution in [-0.2, 0) is 19.4 Å². The van der Waals surface area contributed by atoms with Gasteiger partial charge in [0.15, 0.2) is 15.4 Å². The molecule has 0 amide bonds. The lowest BCUT2D eigenvalue weighted by Gasteiger charge is -2.32. The number of carbonyl (C=O) groups is 1. The number of carboxylic acid groups (broad SMARTS) is 1. The van der Waals surface area contributed by atoms with Crippen LogP contribution in [-0.4, -0.2) is 43.2 Å².